The van der Waals surface area contributed by atoms with E-state index in [0.29, 0.717) is 4.99 Å². The summed E-state index contributed by atoms with van der Waals surface area (Å²) in [6.07, 6.45) is 4.12. The first-order chi connectivity index (χ1) is 8.98. The SMILES string of the molecule is CN(Cc1cccc(C(N)=S)c1)CC1(O)CCCC1. The Morgan fingerprint density at radius 3 is 2.74 bits per heavy atom. The number of hydrogen-bond acceptors (Lipinski definition) is 3. The molecule has 3 N–H and O–H groups in total. The molecule has 0 spiro atoms. The van der Waals surface area contributed by atoms with E-state index in [0.717, 1.165) is 44.3 Å². The van der Waals surface area contributed by atoms with Gasteiger partial charge in [0.2, 0.25) is 0 Å². The highest BCUT2D eigenvalue weighted by Crippen LogP contribution is 2.30. The van der Waals surface area contributed by atoms with Gasteiger partial charge in [-0.2, -0.15) is 0 Å². The molecule has 1 saturated carbocycles. The summed E-state index contributed by atoms with van der Waals surface area (Å²) in [5, 5.41) is 10.4. The van der Waals surface area contributed by atoms with Crippen molar-refractivity contribution in [2.75, 3.05) is 13.6 Å². The Morgan fingerprint density at radius 1 is 1.42 bits per heavy atom. The van der Waals surface area contributed by atoms with Gasteiger partial charge in [-0.25, -0.2) is 0 Å². The minimum absolute atomic E-state index is 0.430. The van der Waals surface area contributed by atoms with Crippen molar-refractivity contribution in [3.63, 3.8) is 0 Å². The Morgan fingerprint density at radius 2 is 2.11 bits per heavy atom. The third-order valence-corrected chi connectivity index (χ3v) is 4.00. The van der Waals surface area contributed by atoms with Gasteiger partial charge in [0.1, 0.15) is 4.99 Å². The molecule has 0 aliphatic heterocycles. The summed E-state index contributed by atoms with van der Waals surface area (Å²) in [4.78, 5) is 2.60. The summed E-state index contributed by atoms with van der Waals surface area (Å²) in [6, 6.07) is 7.99. The largest absolute Gasteiger partial charge is 0.389 e. The van der Waals surface area contributed by atoms with Crippen molar-refractivity contribution < 1.29 is 5.11 Å². The predicted octanol–water partition coefficient (Wildman–Crippen LogP) is 2.06. The van der Waals surface area contributed by atoms with Gasteiger partial charge in [0, 0.05) is 18.7 Å². The summed E-state index contributed by atoms with van der Waals surface area (Å²) in [5.41, 5.74) is 7.23. The third-order valence-electron chi connectivity index (χ3n) is 3.76. The van der Waals surface area contributed by atoms with Crippen molar-refractivity contribution in [2.45, 2.75) is 37.8 Å². The molecule has 3 nitrogen and oxygen atoms in total. The summed E-state index contributed by atoms with van der Waals surface area (Å²) in [7, 11) is 2.05. The van der Waals surface area contributed by atoms with Crippen LogP contribution in [0.25, 0.3) is 0 Å². The minimum Gasteiger partial charge on any atom is -0.389 e. The van der Waals surface area contributed by atoms with Crippen LogP contribution in [0.5, 0.6) is 0 Å². The molecular formula is C15H22N2OS. The molecule has 104 valence electrons. The molecule has 0 aromatic heterocycles. The fourth-order valence-electron chi connectivity index (χ4n) is 2.88. The molecule has 0 bridgehead atoms. The highest BCUT2D eigenvalue weighted by molar-refractivity contribution is 7.80. The minimum atomic E-state index is -0.491. The van der Waals surface area contributed by atoms with Gasteiger partial charge in [0.05, 0.1) is 5.60 Å². The Hall–Kier alpha value is -0.970. The first-order valence-corrected chi connectivity index (χ1v) is 7.19. The van der Waals surface area contributed by atoms with E-state index in [-0.39, 0.29) is 0 Å². The van der Waals surface area contributed by atoms with Crippen molar-refractivity contribution in [3.05, 3.63) is 35.4 Å². The zero-order valence-electron chi connectivity index (χ0n) is 11.4. The molecule has 1 aromatic carbocycles. The van der Waals surface area contributed by atoms with Gasteiger partial charge in [-0.3, -0.25) is 4.90 Å². The molecule has 1 aliphatic rings. The summed E-state index contributed by atoms with van der Waals surface area (Å²) in [6.45, 7) is 1.53. The zero-order valence-corrected chi connectivity index (χ0v) is 12.2. The summed E-state index contributed by atoms with van der Waals surface area (Å²) >= 11 is 4.99. The number of likely N-dealkylation sites (N-methyl/N-ethyl adjacent to an activating group) is 1. The second-order valence-corrected chi connectivity index (χ2v) is 6.11. The molecule has 4 heteroatoms. The van der Waals surface area contributed by atoms with Crippen LogP contribution in [0.4, 0.5) is 0 Å². The fraction of sp³-hybridized carbons (Fsp3) is 0.533. The number of nitrogens with zero attached hydrogens (tertiary/aromatic N) is 1. The van der Waals surface area contributed by atoms with Crippen LogP contribution in [0.1, 0.15) is 36.8 Å². The van der Waals surface area contributed by atoms with Gasteiger partial charge in [-0.05, 0) is 31.5 Å². The number of benzene rings is 1. The quantitative estimate of drug-likeness (QED) is 0.810. The topological polar surface area (TPSA) is 49.5 Å². The van der Waals surface area contributed by atoms with Crippen LogP contribution in [-0.4, -0.2) is 34.2 Å². The lowest BCUT2D eigenvalue weighted by Crippen LogP contribution is -2.38. The van der Waals surface area contributed by atoms with Gasteiger partial charge in [0.25, 0.3) is 0 Å². The lowest BCUT2D eigenvalue weighted by Gasteiger charge is -2.28. The molecule has 0 radical (unpaired) electrons. The maximum absolute atomic E-state index is 10.4. The second kappa shape index (κ2) is 5.99. The summed E-state index contributed by atoms with van der Waals surface area (Å²) < 4.78 is 0. The van der Waals surface area contributed by atoms with Crippen molar-refractivity contribution in [3.8, 4) is 0 Å². The number of nitrogens with two attached hydrogens (primary N) is 1. The van der Waals surface area contributed by atoms with Gasteiger partial charge < -0.3 is 10.8 Å². The monoisotopic (exact) mass is 278 g/mol. The van der Waals surface area contributed by atoms with Gasteiger partial charge >= 0.3 is 0 Å². The average molecular weight is 278 g/mol. The smallest absolute Gasteiger partial charge is 0.103 e. The van der Waals surface area contributed by atoms with E-state index < -0.39 is 5.60 Å². The predicted molar refractivity (Wildman–Crippen MR) is 82.1 cm³/mol. The Bertz CT molecular complexity index is 455. The van der Waals surface area contributed by atoms with Crippen LogP contribution in [-0.2, 0) is 6.54 Å². The zero-order chi connectivity index (χ0) is 13.9. The molecule has 0 saturated heterocycles. The maximum atomic E-state index is 10.4. The van der Waals surface area contributed by atoms with E-state index in [1.54, 1.807) is 0 Å². The molecule has 1 aromatic rings. The van der Waals surface area contributed by atoms with Gasteiger partial charge in [-0.1, -0.05) is 43.3 Å². The van der Waals surface area contributed by atoms with E-state index in [4.69, 9.17) is 18.0 Å². The third kappa shape index (κ3) is 4.00. The van der Waals surface area contributed by atoms with Crippen LogP contribution >= 0.6 is 12.2 Å². The molecule has 0 heterocycles. The molecular weight excluding hydrogens is 256 g/mol. The van der Waals surface area contributed by atoms with E-state index in [1.165, 1.54) is 5.56 Å². The molecule has 0 amide bonds. The lowest BCUT2D eigenvalue weighted by atomic mass is 10.0. The molecule has 2 rings (SSSR count). The number of rotatable bonds is 5. The standard InChI is InChI=1S/C15H22N2OS/c1-17(11-15(18)7-2-3-8-15)10-12-5-4-6-13(9-12)14(16)19/h4-6,9,18H,2-3,7-8,10-11H2,1H3,(H2,16,19). The maximum Gasteiger partial charge on any atom is 0.103 e. The van der Waals surface area contributed by atoms with Crippen molar-refractivity contribution >= 4 is 17.2 Å². The number of hydrogen-bond donors (Lipinski definition) is 2. The van der Waals surface area contributed by atoms with Crippen LogP contribution < -0.4 is 5.73 Å². The first-order valence-electron chi connectivity index (χ1n) is 6.78. The van der Waals surface area contributed by atoms with E-state index in [9.17, 15) is 5.11 Å². The number of aliphatic hydroxyl groups is 1. The Balaban J connectivity index is 1.96. The van der Waals surface area contributed by atoms with Crippen molar-refractivity contribution in [2.24, 2.45) is 5.73 Å². The summed E-state index contributed by atoms with van der Waals surface area (Å²) in [5.74, 6) is 0. The Kier molecular flexibility index (Phi) is 4.55. The molecule has 19 heavy (non-hydrogen) atoms. The van der Waals surface area contributed by atoms with Crippen molar-refractivity contribution in [1.82, 2.24) is 4.90 Å². The molecule has 1 aliphatic carbocycles. The van der Waals surface area contributed by atoms with Crippen LogP contribution in [0.3, 0.4) is 0 Å². The van der Waals surface area contributed by atoms with E-state index in [1.807, 2.05) is 25.2 Å². The van der Waals surface area contributed by atoms with Gasteiger partial charge in [-0.15, -0.1) is 0 Å². The highest BCUT2D eigenvalue weighted by atomic mass is 32.1. The number of thiocarbonyl (C=S) groups is 1. The van der Waals surface area contributed by atoms with E-state index in [2.05, 4.69) is 11.0 Å². The van der Waals surface area contributed by atoms with Crippen molar-refractivity contribution in [1.29, 1.82) is 0 Å². The second-order valence-electron chi connectivity index (χ2n) is 5.67. The highest BCUT2D eigenvalue weighted by Gasteiger charge is 2.31. The van der Waals surface area contributed by atoms with Crippen LogP contribution in [0.2, 0.25) is 0 Å². The molecule has 1 fully saturated rings. The van der Waals surface area contributed by atoms with Crippen LogP contribution in [0, 0.1) is 0 Å². The fourth-order valence-corrected chi connectivity index (χ4v) is 3.01. The van der Waals surface area contributed by atoms with Gasteiger partial charge in [0.15, 0.2) is 0 Å². The first kappa shape index (κ1) is 14.4. The Labute approximate surface area is 120 Å². The van der Waals surface area contributed by atoms with Crippen LogP contribution in [0.15, 0.2) is 24.3 Å². The lowest BCUT2D eigenvalue weighted by molar-refractivity contribution is 0.0145. The normalized spacial score (nSPS) is 17.8. The van der Waals surface area contributed by atoms with E-state index >= 15 is 0 Å². The molecule has 0 atom stereocenters. The average Bonchev–Trinajstić information content (AvgIpc) is 2.75. The molecule has 0 unspecified atom stereocenters.